The van der Waals surface area contributed by atoms with Gasteiger partial charge in [-0.15, -0.1) is 0 Å². The smallest absolute Gasteiger partial charge is 0.255 e. The molecule has 13 heteroatoms. The van der Waals surface area contributed by atoms with Crippen molar-refractivity contribution in [1.29, 1.82) is 0 Å². The van der Waals surface area contributed by atoms with Gasteiger partial charge in [-0.3, -0.25) is 15.1 Å². The third kappa shape index (κ3) is 4.83. The highest BCUT2D eigenvalue weighted by Crippen LogP contribution is 2.42. The predicted octanol–water partition coefficient (Wildman–Crippen LogP) is 0.283. The molecule has 12 nitrogen and oxygen atoms in total. The molecule has 1 aliphatic rings. The van der Waals surface area contributed by atoms with Crippen molar-refractivity contribution in [2.24, 2.45) is 0 Å². The zero-order valence-corrected chi connectivity index (χ0v) is 20.3. The second kappa shape index (κ2) is 10.0. The molecule has 0 bridgehead atoms. The molecule has 6 N–H and O–H groups in total. The van der Waals surface area contributed by atoms with E-state index in [1.54, 1.807) is 32.9 Å². The number of aromatic nitrogens is 4. The highest BCUT2D eigenvalue weighted by atomic mass is 32.2. The lowest BCUT2D eigenvalue weighted by atomic mass is 10.0. The summed E-state index contributed by atoms with van der Waals surface area (Å²) in [5.41, 5.74) is 0.852. The van der Waals surface area contributed by atoms with Gasteiger partial charge in [0.25, 0.3) is 5.56 Å². The fourth-order valence-corrected chi connectivity index (χ4v) is 4.99. The molecule has 0 amide bonds. The highest BCUT2D eigenvalue weighted by molar-refractivity contribution is 8.00. The molecule has 3 aromatic rings. The average molecular weight is 506 g/mol. The fraction of sp³-hybridized carbons (Fsp3) is 0.455. The van der Waals surface area contributed by atoms with E-state index in [9.17, 15) is 25.2 Å². The minimum atomic E-state index is -1.51. The van der Waals surface area contributed by atoms with Gasteiger partial charge in [-0.05, 0) is 32.9 Å². The number of nitrogens with one attached hydrogen (secondary N) is 2. The summed E-state index contributed by atoms with van der Waals surface area (Å²) in [6, 6.07) is 3.52. The number of aryl methyl sites for hydroxylation is 2. The van der Waals surface area contributed by atoms with Gasteiger partial charge in [-0.1, -0.05) is 11.8 Å². The number of aliphatic hydroxyl groups is 4. The maximum absolute atomic E-state index is 12.1. The molecular weight excluding hydrogens is 478 g/mol. The Morgan fingerprint density at radius 3 is 2.49 bits per heavy atom. The molecular formula is C22H27N5O7S. The Labute approximate surface area is 204 Å². The maximum atomic E-state index is 12.1. The van der Waals surface area contributed by atoms with E-state index in [-0.39, 0.29) is 17.5 Å². The largest absolute Gasteiger partial charge is 0.496 e. The van der Waals surface area contributed by atoms with Crippen LogP contribution < -0.4 is 15.6 Å². The second-order valence-electron chi connectivity index (χ2n) is 8.19. The number of methoxy groups -OCH3 is 1. The van der Waals surface area contributed by atoms with Crippen LogP contribution in [-0.4, -0.2) is 83.9 Å². The number of aliphatic hydroxyl groups excluding tert-OH is 4. The molecule has 2 aromatic heterocycles. The summed E-state index contributed by atoms with van der Waals surface area (Å²) in [7, 11) is 1.48. The molecule has 1 saturated heterocycles. The minimum Gasteiger partial charge on any atom is -0.496 e. The van der Waals surface area contributed by atoms with Crippen LogP contribution in [0.3, 0.4) is 0 Å². The van der Waals surface area contributed by atoms with E-state index < -0.39 is 36.5 Å². The first kappa shape index (κ1) is 25.3. The highest BCUT2D eigenvalue weighted by Gasteiger charge is 2.44. The van der Waals surface area contributed by atoms with Crippen molar-refractivity contribution < 1.29 is 29.9 Å². The Balaban J connectivity index is 1.77. The maximum Gasteiger partial charge on any atom is 0.255 e. The number of anilines is 2. The van der Waals surface area contributed by atoms with Crippen molar-refractivity contribution >= 4 is 34.6 Å². The fourth-order valence-electron chi connectivity index (χ4n) is 3.73. The Morgan fingerprint density at radius 1 is 1.09 bits per heavy atom. The van der Waals surface area contributed by atoms with Crippen molar-refractivity contribution in [3.05, 3.63) is 39.4 Å². The lowest BCUT2D eigenvalue weighted by Crippen LogP contribution is -2.57. The Bertz CT molecular complexity index is 1300. The number of rotatable bonds is 6. The van der Waals surface area contributed by atoms with Gasteiger partial charge >= 0.3 is 0 Å². The molecule has 3 heterocycles. The minimum absolute atomic E-state index is 0.172. The quantitative estimate of drug-likeness (QED) is 0.269. The van der Waals surface area contributed by atoms with Gasteiger partial charge in [0.2, 0.25) is 11.9 Å². The van der Waals surface area contributed by atoms with Crippen molar-refractivity contribution in [1.82, 2.24) is 19.9 Å². The molecule has 0 spiro atoms. The zero-order chi connectivity index (χ0) is 25.4. The van der Waals surface area contributed by atoms with Gasteiger partial charge in [-0.25, -0.2) is 15.0 Å². The molecule has 1 aliphatic heterocycles. The third-order valence-corrected chi connectivity index (χ3v) is 7.16. The van der Waals surface area contributed by atoms with Gasteiger partial charge in [0.05, 0.1) is 29.8 Å². The van der Waals surface area contributed by atoms with Crippen LogP contribution in [0.4, 0.5) is 11.9 Å². The van der Waals surface area contributed by atoms with Crippen molar-refractivity contribution in [2.75, 3.05) is 19.0 Å². The van der Waals surface area contributed by atoms with Crippen LogP contribution in [0.1, 0.15) is 17.0 Å². The average Bonchev–Trinajstić information content (AvgIpc) is 2.83. The molecule has 1 fully saturated rings. The van der Waals surface area contributed by atoms with E-state index in [0.29, 0.717) is 38.5 Å². The van der Waals surface area contributed by atoms with E-state index in [1.165, 1.54) is 7.11 Å². The molecule has 35 heavy (non-hydrogen) atoms. The first-order valence-electron chi connectivity index (χ1n) is 10.8. The number of ether oxygens (including phenoxy) is 2. The van der Waals surface area contributed by atoms with E-state index in [4.69, 9.17) is 9.47 Å². The van der Waals surface area contributed by atoms with Crippen molar-refractivity contribution in [3.8, 4) is 5.75 Å². The van der Waals surface area contributed by atoms with Crippen LogP contribution in [0.25, 0.3) is 10.9 Å². The SMILES string of the molecule is COc1ccc2c(C)nc(Nc3nc(C)c(C)c(=O)[nH]3)nc2c1S[C@@H]1OC(CO)[C@@H](O)C(O)C1O. The van der Waals surface area contributed by atoms with E-state index >= 15 is 0 Å². The summed E-state index contributed by atoms with van der Waals surface area (Å²) < 4.78 is 11.2. The molecule has 188 valence electrons. The molecule has 0 radical (unpaired) electrons. The van der Waals surface area contributed by atoms with Crippen LogP contribution >= 0.6 is 11.8 Å². The number of fused-ring (bicyclic) bond motifs is 1. The van der Waals surface area contributed by atoms with Crippen LogP contribution in [-0.2, 0) is 4.74 Å². The third-order valence-electron chi connectivity index (χ3n) is 5.90. The Kier molecular flexibility index (Phi) is 7.26. The summed E-state index contributed by atoms with van der Waals surface area (Å²) in [4.78, 5) is 28.7. The molecule has 0 aliphatic carbocycles. The number of aromatic amines is 1. The van der Waals surface area contributed by atoms with E-state index in [0.717, 1.165) is 11.8 Å². The predicted molar refractivity (Wildman–Crippen MR) is 128 cm³/mol. The van der Waals surface area contributed by atoms with E-state index in [2.05, 4.69) is 25.3 Å². The van der Waals surface area contributed by atoms with Gasteiger partial charge in [-0.2, -0.15) is 0 Å². The van der Waals surface area contributed by atoms with Crippen molar-refractivity contribution in [3.63, 3.8) is 0 Å². The van der Waals surface area contributed by atoms with Crippen LogP contribution in [0.15, 0.2) is 21.8 Å². The number of hydrogen-bond acceptors (Lipinski definition) is 12. The second-order valence-corrected chi connectivity index (χ2v) is 9.30. The topological polar surface area (TPSA) is 183 Å². The molecule has 0 saturated carbocycles. The normalized spacial score (nSPS) is 24.5. The Hall–Kier alpha value is -2.81. The summed E-state index contributed by atoms with van der Waals surface area (Å²) in [6.45, 7) is 4.66. The summed E-state index contributed by atoms with van der Waals surface area (Å²) >= 11 is 1.04. The van der Waals surface area contributed by atoms with Gasteiger partial charge in [0.1, 0.15) is 35.6 Å². The van der Waals surface area contributed by atoms with Crippen LogP contribution in [0.5, 0.6) is 5.75 Å². The number of benzene rings is 1. The summed E-state index contributed by atoms with van der Waals surface area (Å²) in [5.74, 6) is 0.786. The summed E-state index contributed by atoms with van der Waals surface area (Å²) in [6.07, 6.45) is -5.47. The molecule has 3 unspecified atom stereocenters. The standard InChI is InChI=1S/C22H27N5O7S/c1-8-9(2)23-22(26-19(8)32)27-21-24-10(3)11-5-6-12(33-4)18(14(11)25-21)35-20-17(31)16(30)15(29)13(7-28)34-20/h5-6,13,15-17,20,28-31H,7H2,1-4H3,(H2,23,24,25,26,27,32)/t13?,15-,16?,17?,20+/m1/s1. The monoisotopic (exact) mass is 505 g/mol. The zero-order valence-electron chi connectivity index (χ0n) is 19.5. The van der Waals surface area contributed by atoms with Crippen LogP contribution in [0, 0.1) is 20.8 Å². The van der Waals surface area contributed by atoms with Gasteiger partial charge in [0.15, 0.2) is 0 Å². The van der Waals surface area contributed by atoms with Gasteiger partial charge in [0, 0.05) is 16.6 Å². The van der Waals surface area contributed by atoms with Gasteiger partial charge < -0.3 is 29.9 Å². The number of thioether (sulfide) groups is 1. The lowest BCUT2D eigenvalue weighted by molar-refractivity contribution is -0.205. The van der Waals surface area contributed by atoms with Crippen LogP contribution in [0.2, 0.25) is 0 Å². The number of H-pyrrole nitrogens is 1. The number of hydrogen-bond donors (Lipinski definition) is 6. The molecule has 1 aromatic carbocycles. The molecule has 5 atom stereocenters. The number of nitrogens with zero attached hydrogens (tertiary/aromatic N) is 3. The molecule has 4 rings (SSSR count). The first-order valence-corrected chi connectivity index (χ1v) is 11.7. The van der Waals surface area contributed by atoms with Crippen molar-refractivity contribution in [2.45, 2.75) is 55.5 Å². The first-order chi connectivity index (χ1) is 16.6. The lowest BCUT2D eigenvalue weighted by Gasteiger charge is -2.39. The Morgan fingerprint density at radius 2 is 1.83 bits per heavy atom. The van der Waals surface area contributed by atoms with E-state index in [1.807, 2.05) is 0 Å². The summed E-state index contributed by atoms with van der Waals surface area (Å²) in [5, 5.41) is 44.0.